The fourth-order valence-electron chi connectivity index (χ4n) is 3.64. The molecule has 0 aromatic rings. The molecule has 0 aromatic carbocycles. The summed E-state index contributed by atoms with van der Waals surface area (Å²) in [5, 5.41) is 0. The lowest BCUT2D eigenvalue weighted by atomic mass is 9.85. The van der Waals surface area contributed by atoms with Crippen LogP contribution in [0, 0.1) is 11.3 Å². The SMILES string of the molecule is CC1(C(=O)N2CCCC(CN3CCCC3)C2)COC1. The summed E-state index contributed by atoms with van der Waals surface area (Å²) in [6, 6.07) is 0. The van der Waals surface area contributed by atoms with E-state index in [0.29, 0.717) is 25.0 Å². The van der Waals surface area contributed by atoms with Gasteiger partial charge in [-0.15, -0.1) is 0 Å². The summed E-state index contributed by atoms with van der Waals surface area (Å²) in [5.74, 6) is 1.00. The first-order valence-corrected chi connectivity index (χ1v) is 7.77. The molecule has 3 fully saturated rings. The highest BCUT2D eigenvalue weighted by Crippen LogP contribution is 2.31. The molecule has 3 aliphatic rings. The third kappa shape index (κ3) is 2.79. The molecule has 0 radical (unpaired) electrons. The maximum atomic E-state index is 12.5. The highest BCUT2D eigenvalue weighted by molar-refractivity contribution is 5.83. The number of likely N-dealkylation sites (tertiary alicyclic amines) is 2. The van der Waals surface area contributed by atoms with E-state index in [1.54, 1.807) is 0 Å². The minimum atomic E-state index is -0.227. The van der Waals surface area contributed by atoms with Crippen molar-refractivity contribution in [3.05, 3.63) is 0 Å². The number of hydrogen-bond acceptors (Lipinski definition) is 3. The Labute approximate surface area is 116 Å². The number of piperidine rings is 1. The Bertz CT molecular complexity index is 335. The maximum Gasteiger partial charge on any atom is 0.233 e. The second kappa shape index (κ2) is 5.41. The molecule has 0 aliphatic carbocycles. The number of carbonyl (C=O) groups excluding carboxylic acids is 1. The lowest BCUT2D eigenvalue weighted by Crippen LogP contribution is -2.56. The lowest BCUT2D eigenvalue weighted by molar-refractivity contribution is -0.170. The van der Waals surface area contributed by atoms with Gasteiger partial charge in [-0.25, -0.2) is 0 Å². The third-order valence-electron chi connectivity index (χ3n) is 4.88. The molecular formula is C15H26N2O2. The van der Waals surface area contributed by atoms with Crippen LogP contribution in [0.3, 0.4) is 0 Å². The molecule has 4 heteroatoms. The molecule has 3 heterocycles. The zero-order valence-electron chi connectivity index (χ0n) is 12.1. The fraction of sp³-hybridized carbons (Fsp3) is 0.933. The molecule has 19 heavy (non-hydrogen) atoms. The van der Waals surface area contributed by atoms with Crippen LogP contribution in [-0.4, -0.2) is 61.6 Å². The van der Waals surface area contributed by atoms with E-state index in [9.17, 15) is 4.79 Å². The van der Waals surface area contributed by atoms with Crippen LogP contribution in [0.1, 0.15) is 32.6 Å². The molecule has 3 saturated heterocycles. The predicted molar refractivity (Wildman–Crippen MR) is 73.9 cm³/mol. The number of hydrogen-bond donors (Lipinski definition) is 0. The molecule has 0 N–H and O–H groups in total. The van der Waals surface area contributed by atoms with E-state index in [-0.39, 0.29) is 5.41 Å². The van der Waals surface area contributed by atoms with Gasteiger partial charge in [-0.2, -0.15) is 0 Å². The average molecular weight is 266 g/mol. The van der Waals surface area contributed by atoms with Gasteiger partial charge in [0.25, 0.3) is 0 Å². The van der Waals surface area contributed by atoms with Gasteiger partial charge >= 0.3 is 0 Å². The molecule has 3 rings (SSSR count). The maximum absolute atomic E-state index is 12.5. The fourth-order valence-corrected chi connectivity index (χ4v) is 3.64. The van der Waals surface area contributed by atoms with Crippen LogP contribution in [0.5, 0.6) is 0 Å². The molecular weight excluding hydrogens is 240 g/mol. The molecule has 3 aliphatic heterocycles. The second-order valence-electron chi connectivity index (χ2n) is 6.82. The van der Waals surface area contributed by atoms with Gasteiger partial charge in [-0.05, 0) is 51.6 Å². The van der Waals surface area contributed by atoms with Gasteiger partial charge in [0.2, 0.25) is 5.91 Å². The van der Waals surface area contributed by atoms with Crippen molar-refractivity contribution in [2.75, 3.05) is 45.9 Å². The molecule has 0 bridgehead atoms. The standard InChI is InChI=1S/C15H26N2O2/c1-15(11-19-12-15)14(18)17-8-4-5-13(10-17)9-16-6-2-3-7-16/h13H,2-12H2,1H3. The van der Waals surface area contributed by atoms with Crippen molar-refractivity contribution >= 4 is 5.91 Å². The highest BCUT2D eigenvalue weighted by Gasteiger charge is 2.44. The molecule has 0 saturated carbocycles. The Balaban J connectivity index is 1.53. The number of nitrogens with zero attached hydrogens (tertiary/aromatic N) is 2. The summed E-state index contributed by atoms with van der Waals surface area (Å²) >= 11 is 0. The second-order valence-corrected chi connectivity index (χ2v) is 6.82. The van der Waals surface area contributed by atoms with Crippen LogP contribution in [0.4, 0.5) is 0 Å². The van der Waals surface area contributed by atoms with Gasteiger partial charge in [-0.3, -0.25) is 4.79 Å². The summed E-state index contributed by atoms with van der Waals surface area (Å²) in [6.07, 6.45) is 5.16. The van der Waals surface area contributed by atoms with Gasteiger partial charge in [-0.1, -0.05) is 0 Å². The van der Waals surface area contributed by atoms with E-state index in [0.717, 1.165) is 13.1 Å². The van der Waals surface area contributed by atoms with Crippen LogP contribution >= 0.6 is 0 Å². The summed E-state index contributed by atoms with van der Waals surface area (Å²) in [4.78, 5) is 17.2. The quantitative estimate of drug-likeness (QED) is 0.773. The summed E-state index contributed by atoms with van der Waals surface area (Å²) in [6.45, 7) is 8.89. The zero-order valence-corrected chi connectivity index (χ0v) is 12.1. The van der Waals surface area contributed by atoms with Crippen molar-refractivity contribution in [1.29, 1.82) is 0 Å². The van der Waals surface area contributed by atoms with Crippen LogP contribution in [0.25, 0.3) is 0 Å². The summed E-state index contributed by atoms with van der Waals surface area (Å²) in [5.41, 5.74) is -0.227. The predicted octanol–water partition coefficient (Wildman–Crippen LogP) is 1.36. The van der Waals surface area contributed by atoms with Gasteiger partial charge in [0.05, 0.1) is 18.6 Å². The van der Waals surface area contributed by atoms with Crippen molar-refractivity contribution in [2.24, 2.45) is 11.3 Å². The molecule has 1 atom stereocenters. The minimum Gasteiger partial charge on any atom is -0.379 e. The summed E-state index contributed by atoms with van der Waals surface area (Å²) < 4.78 is 5.23. The van der Waals surface area contributed by atoms with Gasteiger partial charge in [0, 0.05) is 19.6 Å². The van der Waals surface area contributed by atoms with E-state index < -0.39 is 0 Å². The van der Waals surface area contributed by atoms with Crippen LogP contribution < -0.4 is 0 Å². The first kappa shape index (κ1) is 13.4. The van der Waals surface area contributed by atoms with Gasteiger partial charge in [0.15, 0.2) is 0 Å². The third-order valence-corrected chi connectivity index (χ3v) is 4.88. The van der Waals surface area contributed by atoms with Crippen molar-refractivity contribution in [2.45, 2.75) is 32.6 Å². The molecule has 1 unspecified atom stereocenters. The average Bonchev–Trinajstić information content (AvgIpc) is 2.88. The Kier molecular flexibility index (Phi) is 3.81. The minimum absolute atomic E-state index is 0.227. The molecule has 0 aromatic heterocycles. The van der Waals surface area contributed by atoms with Gasteiger partial charge in [0.1, 0.15) is 0 Å². The van der Waals surface area contributed by atoms with E-state index >= 15 is 0 Å². The molecule has 1 amide bonds. The highest BCUT2D eigenvalue weighted by atomic mass is 16.5. The Morgan fingerprint density at radius 3 is 2.58 bits per heavy atom. The largest absolute Gasteiger partial charge is 0.379 e. The number of carbonyl (C=O) groups is 1. The smallest absolute Gasteiger partial charge is 0.233 e. The number of rotatable bonds is 3. The first-order chi connectivity index (χ1) is 9.17. The molecule has 0 spiro atoms. The molecule has 108 valence electrons. The van der Waals surface area contributed by atoms with Crippen molar-refractivity contribution in [1.82, 2.24) is 9.80 Å². The first-order valence-electron chi connectivity index (χ1n) is 7.77. The van der Waals surface area contributed by atoms with Crippen LogP contribution in [0.15, 0.2) is 0 Å². The van der Waals surface area contributed by atoms with E-state index in [1.165, 1.54) is 45.3 Å². The molecule has 4 nitrogen and oxygen atoms in total. The van der Waals surface area contributed by atoms with E-state index in [4.69, 9.17) is 4.74 Å². The van der Waals surface area contributed by atoms with Gasteiger partial charge < -0.3 is 14.5 Å². The lowest BCUT2D eigenvalue weighted by Gasteiger charge is -2.43. The van der Waals surface area contributed by atoms with Crippen LogP contribution in [-0.2, 0) is 9.53 Å². The zero-order chi connectivity index (χ0) is 13.3. The van der Waals surface area contributed by atoms with E-state index in [1.807, 2.05) is 6.92 Å². The normalized spacial score (nSPS) is 31.2. The topological polar surface area (TPSA) is 32.8 Å². The number of amides is 1. The summed E-state index contributed by atoms with van der Waals surface area (Å²) in [7, 11) is 0. The monoisotopic (exact) mass is 266 g/mol. The van der Waals surface area contributed by atoms with Crippen molar-refractivity contribution < 1.29 is 9.53 Å². The Morgan fingerprint density at radius 1 is 1.21 bits per heavy atom. The van der Waals surface area contributed by atoms with Crippen molar-refractivity contribution in [3.8, 4) is 0 Å². The van der Waals surface area contributed by atoms with E-state index in [2.05, 4.69) is 9.80 Å². The van der Waals surface area contributed by atoms with Crippen molar-refractivity contribution in [3.63, 3.8) is 0 Å². The Hall–Kier alpha value is -0.610. The Morgan fingerprint density at radius 2 is 1.95 bits per heavy atom. The number of ether oxygens (including phenoxy) is 1. The van der Waals surface area contributed by atoms with Crippen LogP contribution in [0.2, 0.25) is 0 Å².